The Morgan fingerprint density at radius 3 is 2.79 bits per heavy atom. The van der Waals surface area contributed by atoms with E-state index in [1.807, 2.05) is 6.07 Å². The maximum Gasteiger partial charge on any atom is 0.390 e. The highest BCUT2D eigenvalue weighted by Gasteiger charge is 2.32. The van der Waals surface area contributed by atoms with Crippen molar-refractivity contribution in [3.63, 3.8) is 0 Å². The Balaban J connectivity index is 2.18. The van der Waals surface area contributed by atoms with Crippen LogP contribution in [-0.4, -0.2) is 25.9 Å². The van der Waals surface area contributed by atoms with Gasteiger partial charge in [-0.2, -0.15) is 13.2 Å². The maximum absolute atomic E-state index is 12.5. The average Bonchev–Trinajstić information content (AvgIpc) is 2.74. The van der Waals surface area contributed by atoms with Gasteiger partial charge in [0, 0.05) is 17.5 Å². The van der Waals surface area contributed by atoms with Crippen molar-refractivity contribution >= 4 is 11.6 Å². The van der Waals surface area contributed by atoms with Gasteiger partial charge in [-0.1, -0.05) is 11.6 Å². The standard InChI is InChI=1S/C13H15ClF3NO/c1-18-11(7-13(15,16)17)6-9-5-10(14)4-8-2-3-19-12(8)9/h4-5,11,18H,2-3,6-7H2,1H3. The molecule has 0 saturated carbocycles. The summed E-state index contributed by atoms with van der Waals surface area (Å²) in [5.74, 6) is 0.701. The molecule has 0 aromatic heterocycles. The zero-order valence-electron chi connectivity index (χ0n) is 10.5. The van der Waals surface area contributed by atoms with Crippen LogP contribution in [0.25, 0.3) is 0 Å². The summed E-state index contributed by atoms with van der Waals surface area (Å²) < 4.78 is 42.8. The van der Waals surface area contributed by atoms with Crippen LogP contribution in [0.3, 0.4) is 0 Å². The lowest BCUT2D eigenvalue weighted by Gasteiger charge is -2.19. The lowest BCUT2D eigenvalue weighted by Crippen LogP contribution is -2.33. The van der Waals surface area contributed by atoms with Gasteiger partial charge in [0.1, 0.15) is 5.75 Å². The van der Waals surface area contributed by atoms with Crippen LogP contribution in [0.2, 0.25) is 5.02 Å². The average molecular weight is 294 g/mol. The second-order valence-electron chi connectivity index (χ2n) is 4.66. The smallest absolute Gasteiger partial charge is 0.390 e. The molecule has 0 spiro atoms. The van der Waals surface area contributed by atoms with Crippen molar-refractivity contribution in [2.75, 3.05) is 13.7 Å². The van der Waals surface area contributed by atoms with Crippen LogP contribution >= 0.6 is 11.6 Å². The van der Waals surface area contributed by atoms with Crippen LogP contribution in [0.15, 0.2) is 12.1 Å². The van der Waals surface area contributed by atoms with Crippen molar-refractivity contribution in [2.24, 2.45) is 0 Å². The SMILES string of the molecule is CNC(Cc1cc(Cl)cc2c1OCC2)CC(F)(F)F. The van der Waals surface area contributed by atoms with Crippen molar-refractivity contribution in [1.29, 1.82) is 0 Å². The van der Waals surface area contributed by atoms with Crippen LogP contribution < -0.4 is 10.1 Å². The lowest BCUT2D eigenvalue weighted by molar-refractivity contribution is -0.139. The molecular weight excluding hydrogens is 279 g/mol. The molecule has 1 aliphatic heterocycles. The highest BCUT2D eigenvalue weighted by molar-refractivity contribution is 6.30. The van der Waals surface area contributed by atoms with E-state index in [4.69, 9.17) is 16.3 Å². The Bertz CT molecular complexity index is 462. The van der Waals surface area contributed by atoms with Crippen LogP contribution in [0.1, 0.15) is 17.5 Å². The molecule has 1 atom stereocenters. The monoisotopic (exact) mass is 293 g/mol. The summed E-state index contributed by atoms with van der Waals surface area (Å²) in [4.78, 5) is 0. The van der Waals surface area contributed by atoms with E-state index in [-0.39, 0.29) is 6.42 Å². The largest absolute Gasteiger partial charge is 0.493 e. The molecule has 1 unspecified atom stereocenters. The predicted octanol–water partition coefficient (Wildman–Crippen LogP) is 3.36. The number of nitrogens with one attached hydrogen (secondary N) is 1. The quantitative estimate of drug-likeness (QED) is 0.919. The minimum Gasteiger partial charge on any atom is -0.493 e. The van der Waals surface area contributed by atoms with E-state index in [1.165, 1.54) is 7.05 Å². The molecule has 0 saturated heterocycles. The van der Waals surface area contributed by atoms with Crippen LogP contribution in [-0.2, 0) is 12.8 Å². The minimum absolute atomic E-state index is 0.249. The second-order valence-corrected chi connectivity index (χ2v) is 5.10. The molecule has 1 N–H and O–H groups in total. The summed E-state index contributed by atoms with van der Waals surface area (Å²) in [6.45, 7) is 0.562. The molecule has 0 radical (unpaired) electrons. The fraction of sp³-hybridized carbons (Fsp3) is 0.538. The number of likely N-dealkylation sites (N-methyl/N-ethyl adjacent to an activating group) is 1. The molecule has 2 rings (SSSR count). The van der Waals surface area contributed by atoms with Gasteiger partial charge >= 0.3 is 6.18 Å². The molecule has 1 heterocycles. The van der Waals surface area contributed by atoms with Gasteiger partial charge in [-0.15, -0.1) is 0 Å². The number of hydrogen-bond acceptors (Lipinski definition) is 2. The summed E-state index contributed by atoms with van der Waals surface area (Å²) in [6, 6.07) is 2.82. The van der Waals surface area contributed by atoms with Gasteiger partial charge < -0.3 is 10.1 Å². The van der Waals surface area contributed by atoms with Gasteiger partial charge in [0.15, 0.2) is 0 Å². The van der Waals surface area contributed by atoms with E-state index in [0.717, 1.165) is 17.5 Å². The zero-order chi connectivity index (χ0) is 14.0. The topological polar surface area (TPSA) is 21.3 Å². The molecule has 106 valence electrons. The van der Waals surface area contributed by atoms with Gasteiger partial charge in [0.05, 0.1) is 13.0 Å². The van der Waals surface area contributed by atoms with Gasteiger partial charge in [0.25, 0.3) is 0 Å². The number of halogens is 4. The van der Waals surface area contributed by atoms with E-state index in [2.05, 4.69) is 5.32 Å². The summed E-state index contributed by atoms with van der Waals surface area (Å²) in [5, 5.41) is 3.24. The first-order chi connectivity index (χ1) is 8.89. The normalized spacial score (nSPS) is 16.1. The summed E-state index contributed by atoms with van der Waals surface area (Å²) >= 11 is 5.99. The zero-order valence-corrected chi connectivity index (χ0v) is 11.2. The Morgan fingerprint density at radius 2 is 2.16 bits per heavy atom. The van der Waals surface area contributed by atoms with Crippen molar-refractivity contribution < 1.29 is 17.9 Å². The highest BCUT2D eigenvalue weighted by atomic mass is 35.5. The molecule has 0 amide bonds. The molecule has 1 aromatic carbocycles. The van der Waals surface area contributed by atoms with Gasteiger partial charge in [-0.25, -0.2) is 0 Å². The molecule has 0 aliphatic carbocycles. The fourth-order valence-electron chi connectivity index (χ4n) is 2.32. The number of ether oxygens (including phenoxy) is 1. The molecule has 0 fully saturated rings. The first kappa shape index (κ1) is 14.5. The number of benzene rings is 1. The molecule has 2 nitrogen and oxygen atoms in total. The molecule has 19 heavy (non-hydrogen) atoms. The van der Waals surface area contributed by atoms with Crippen molar-refractivity contribution in [3.8, 4) is 5.75 Å². The molecule has 0 bridgehead atoms. The van der Waals surface area contributed by atoms with E-state index >= 15 is 0 Å². The maximum atomic E-state index is 12.5. The van der Waals surface area contributed by atoms with E-state index in [1.54, 1.807) is 6.07 Å². The Hall–Kier alpha value is -0.940. The highest BCUT2D eigenvalue weighted by Crippen LogP contribution is 2.34. The van der Waals surface area contributed by atoms with Gasteiger partial charge in [-0.3, -0.25) is 0 Å². The Morgan fingerprint density at radius 1 is 1.42 bits per heavy atom. The Labute approximate surface area is 114 Å². The third-order valence-electron chi connectivity index (χ3n) is 3.18. The van der Waals surface area contributed by atoms with Crippen LogP contribution in [0.4, 0.5) is 13.2 Å². The third-order valence-corrected chi connectivity index (χ3v) is 3.40. The van der Waals surface area contributed by atoms with Crippen molar-refractivity contribution in [3.05, 3.63) is 28.3 Å². The number of alkyl halides is 3. The lowest BCUT2D eigenvalue weighted by atomic mass is 9.99. The summed E-state index contributed by atoms with van der Waals surface area (Å²) in [7, 11) is 1.53. The van der Waals surface area contributed by atoms with Crippen molar-refractivity contribution in [1.82, 2.24) is 5.32 Å². The minimum atomic E-state index is -4.18. The number of rotatable bonds is 4. The van der Waals surface area contributed by atoms with Crippen molar-refractivity contribution in [2.45, 2.75) is 31.5 Å². The van der Waals surface area contributed by atoms with Gasteiger partial charge in [0.2, 0.25) is 0 Å². The predicted molar refractivity (Wildman–Crippen MR) is 67.9 cm³/mol. The summed E-state index contributed by atoms with van der Waals surface area (Å²) in [6.07, 6.45) is -4.05. The first-order valence-electron chi connectivity index (χ1n) is 6.07. The van der Waals surface area contributed by atoms with E-state index < -0.39 is 18.6 Å². The molecule has 1 aromatic rings. The van der Waals surface area contributed by atoms with E-state index in [9.17, 15) is 13.2 Å². The first-order valence-corrected chi connectivity index (χ1v) is 6.45. The second kappa shape index (κ2) is 5.59. The number of fused-ring (bicyclic) bond motifs is 1. The van der Waals surface area contributed by atoms with Crippen LogP contribution in [0.5, 0.6) is 5.75 Å². The molecule has 1 aliphatic rings. The van der Waals surface area contributed by atoms with E-state index in [0.29, 0.717) is 17.4 Å². The van der Waals surface area contributed by atoms with Crippen LogP contribution in [0, 0.1) is 0 Å². The summed E-state index contributed by atoms with van der Waals surface area (Å²) in [5.41, 5.74) is 1.72. The molecular formula is C13H15ClF3NO. The number of hydrogen-bond donors (Lipinski definition) is 1. The fourth-order valence-corrected chi connectivity index (χ4v) is 2.58. The van der Waals surface area contributed by atoms with Gasteiger partial charge in [-0.05, 0) is 36.7 Å². The third kappa shape index (κ3) is 3.76. The Kier molecular flexibility index (Phi) is 4.26. The molecule has 6 heteroatoms.